The fourth-order valence-electron chi connectivity index (χ4n) is 4.78. The standard InChI is InChI=1S/C30H56OS/c1-5-9-13-16-20-28(21-17-14-10-6-2)25-31-26-30-23-22-29(32-30)24-27(18-12-8-4)19-15-11-7-3/h22-23,27-28H,5-21,24-26H2,1-4H3. The van der Waals surface area contributed by atoms with Gasteiger partial charge in [-0.1, -0.05) is 124 Å². The highest BCUT2D eigenvalue weighted by atomic mass is 32.1. The molecule has 0 saturated carbocycles. The highest BCUT2D eigenvalue weighted by molar-refractivity contribution is 7.11. The smallest absolute Gasteiger partial charge is 0.0809 e. The lowest BCUT2D eigenvalue weighted by molar-refractivity contribution is 0.0808. The highest BCUT2D eigenvalue weighted by Gasteiger charge is 2.13. The predicted octanol–water partition coefficient (Wildman–Crippen LogP) is 10.8. The molecule has 0 aliphatic rings. The van der Waals surface area contributed by atoms with Gasteiger partial charge in [-0.15, -0.1) is 11.3 Å². The largest absolute Gasteiger partial charge is 0.376 e. The number of hydrogen-bond acceptors (Lipinski definition) is 2. The first-order chi connectivity index (χ1) is 15.7. The van der Waals surface area contributed by atoms with E-state index in [4.69, 9.17) is 4.74 Å². The van der Waals surface area contributed by atoms with Gasteiger partial charge in [-0.25, -0.2) is 0 Å². The van der Waals surface area contributed by atoms with Crippen LogP contribution < -0.4 is 0 Å². The molecule has 32 heavy (non-hydrogen) atoms. The molecule has 0 aliphatic heterocycles. The molecule has 1 atom stereocenters. The van der Waals surface area contributed by atoms with E-state index in [0.717, 1.165) is 25.0 Å². The topological polar surface area (TPSA) is 9.23 Å². The normalized spacial score (nSPS) is 12.7. The third kappa shape index (κ3) is 15.5. The van der Waals surface area contributed by atoms with Gasteiger partial charge in [-0.05, 0) is 43.2 Å². The first-order valence-electron chi connectivity index (χ1n) is 14.4. The fourth-order valence-corrected chi connectivity index (χ4v) is 5.85. The van der Waals surface area contributed by atoms with E-state index in [1.54, 1.807) is 4.88 Å². The molecule has 0 spiro atoms. The Hall–Kier alpha value is -0.340. The third-order valence-electron chi connectivity index (χ3n) is 6.92. The molecule has 0 bridgehead atoms. The Morgan fingerprint density at radius 2 is 1.09 bits per heavy atom. The number of hydrogen-bond donors (Lipinski definition) is 0. The van der Waals surface area contributed by atoms with Crippen LogP contribution in [0, 0.1) is 11.8 Å². The van der Waals surface area contributed by atoms with E-state index in [-0.39, 0.29) is 0 Å². The molecule has 0 saturated heterocycles. The van der Waals surface area contributed by atoms with Crippen molar-refractivity contribution in [3.8, 4) is 0 Å². The average molecular weight is 465 g/mol. The Balaban J connectivity index is 2.42. The first kappa shape index (κ1) is 29.7. The summed E-state index contributed by atoms with van der Waals surface area (Å²) in [5, 5.41) is 0. The molecule has 0 fully saturated rings. The molecule has 188 valence electrons. The predicted molar refractivity (Wildman–Crippen MR) is 146 cm³/mol. The van der Waals surface area contributed by atoms with Crippen molar-refractivity contribution in [2.75, 3.05) is 6.61 Å². The molecule has 1 unspecified atom stereocenters. The molecule has 1 heterocycles. The summed E-state index contributed by atoms with van der Waals surface area (Å²) in [5.41, 5.74) is 0. The van der Waals surface area contributed by atoms with Crippen LogP contribution in [0.4, 0.5) is 0 Å². The van der Waals surface area contributed by atoms with Crippen LogP contribution >= 0.6 is 11.3 Å². The Kier molecular flexibility index (Phi) is 19.7. The second kappa shape index (κ2) is 21.2. The van der Waals surface area contributed by atoms with Crippen LogP contribution in [0.3, 0.4) is 0 Å². The summed E-state index contributed by atoms with van der Waals surface area (Å²) < 4.78 is 6.27. The SMILES string of the molecule is CCCCCCC(CCCCCC)COCc1ccc(CC(CCCC)CCCCC)s1. The number of thiophene rings is 1. The van der Waals surface area contributed by atoms with Crippen LogP contribution in [-0.4, -0.2) is 6.61 Å². The summed E-state index contributed by atoms with van der Waals surface area (Å²) in [5.74, 6) is 1.64. The maximum atomic E-state index is 6.27. The molecule has 0 amide bonds. The van der Waals surface area contributed by atoms with E-state index in [2.05, 4.69) is 39.8 Å². The monoisotopic (exact) mass is 464 g/mol. The van der Waals surface area contributed by atoms with Gasteiger partial charge in [0, 0.05) is 16.4 Å². The van der Waals surface area contributed by atoms with Crippen LogP contribution in [0.1, 0.15) is 147 Å². The lowest BCUT2D eigenvalue weighted by Gasteiger charge is -2.17. The summed E-state index contributed by atoms with van der Waals surface area (Å²) in [4.78, 5) is 3.01. The van der Waals surface area contributed by atoms with Gasteiger partial charge in [0.2, 0.25) is 0 Å². The lowest BCUT2D eigenvalue weighted by Crippen LogP contribution is -2.10. The fraction of sp³-hybridized carbons (Fsp3) is 0.867. The van der Waals surface area contributed by atoms with Crippen molar-refractivity contribution in [1.29, 1.82) is 0 Å². The van der Waals surface area contributed by atoms with Crippen LogP contribution in [0.5, 0.6) is 0 Å². The van der Waals surface area contributed by atoms with E-state index in [1.807, 2.05) is 11.3 Å². The number of unbranched alkanes of at least 4 members (excludes halogenated alkanes) is 9. The van der Waals surface area contributed by atoms with E-state index in [0.29, 0.717) is 0 Å². The molecule has 2 heteroatoms. The molecule has 1 aromatic rings. The summed E-state index contributed by atoms with van der Waals surface area (Å²) in [6.07, 6.45) is 24.7. The minimum absolute atomic E-state index is 0.764. The van der Waals surface area contributed by atoms with Crippen molar-refractivity contribution >= 4 is 11.3 Å². The van der Waals surface area contributed by atoms with E-state index in [9.17, 15) is 0 Å². The van der Waals surface area contributed by atoms with Gasteiger partial charge in [-0.2, -0.15) is 0 Å². The zero-order valence-electron chi connectivity index (χ0n) is 22.3. The van der Waals surface area contributed by atoms with Crippen LogP contribution in [0.2, 0.25) is 0 Å². The molecule has 0 radical (unpaired) electrons. The quantitative estimate of drug-likeness (QED) is 0.146. The summed E-state index contributed by atoms with van der Waals surface area (Å²) >= 11 is 2.01. The Morgan fingerprint density at radius 3 is 1.72 bits per heavy atom. The van der Waals surface area contributed by atoms with Gasteiger partial charge in [-0.3, -0.25) is 0 Å². The Labute approximate surface area is 206 Å². The lowest BCUT2D eigenvalue weighted by atomic mass is 9.92. The molecule has 0 aliphatic carbocycles. The van der Waals surface area contributed by atoms with Gasteiger partial charge in [0.05, 0.1) is 6.61 Å². The molecule has 1 rings (SSSR count). The first-order valence-corrected chi connectivity index (χ1v) is 15.2. The summed E-state index contributed by atoms with van der Waals surface area (Å²) in [6, 6.07) is 4.72. The summed E-state index contributed by atoms with van der Waals surface area (Å²) in [6.45, 7) is 11.0. The van der Waals surface area contributed by atoms with Crippen molar-refractivity contribution in [1.82, 2.24) is 0 Å². The van der Waals surface area contributed by atoms with Crippen LogP contribution in [-0.2, 0) is 17.8 Å². The van der Waals surface area contributed by atoms with Crippen LogP contribution in [0.15, 0.2) is 12.1 Å². The van der Waals surface area contributed by atoms with Gasteiger partial charge in [0.25, 0.3) is 0 Å². The van der Waals surface area contributed by atoms with Crippen molar-refractivity contribution in [2.45, 2.75) is 150 Å². The van der Waals surface area contributed by atoms with Crippen molar-refractivity contribution in [2.24, 2.45) is 11.8 Å². The molecular formula is C30H56OS. The van der Waals surface area contributed by atoms with E-state index < -0.39 is 0 Å². The molecule has 1 nitrogen and oxygen atoms in total. The van der Waals surface area contributed by atoms with Crippen molar-refractivity contribution in [3.05, 3.63) is 21.9 Å². The highest BCUT2D eigenvalue weighted by Crippen LogP contribution is 2.27. The maximum Gasteiger partial charge on any atom is 0.0809 e. The van der Waals surface area contributed by atoms with Crippen molar-refractivity contribution < 1.29 is 4.74 Å². The molecular weight excluding hydrogens is 408 g/mol. The third-order valence-corrected chi connectivity index (χ3v) is 8.00. The van der Waals surface area contributed by atoms with Gasteiger partial charge >= 0.3 is 0 Å². The van der Waals surface area contributed by atoms with E-state index in [1.165, 1.54) is 120 Å². The minimum atomic E-state index is 0.764. The zero-order chi connectivity index (χ0) is 23.3. The van der Waals surface area contributed by atoms with E-state index >= 15 is 0 Å². The molecule has 0 N–H and O–H groups in total. The van der Waals surface area contributed by atoms with Gasteiger partial charge < -0.3 is 4.74 Å². The van der Waals surface area contributed by atoms with Crippen molar-refractivity contribution in [3.63, 3.8) is 0 Å². The second-order valence-corrected chi connectivity index (χ2v) is 11.4. The van der Waals surface area contributed by atoms with Crippen LogP contribution in [0.25, 0.3) is 0 Å². The average Bonchev–Trinajstić information content (AvgIpc) is 3.24. The maximum absolute atomic E-state index is 6.27. The number of ether oxygens (including phenoxy) is 1. The molecule has 1 aromatic heterocycles. The minimum Gasteiger partial charge on any atom is -0.376 e. The zero-order valence-corrected chi connectivity index (χ0v) is 23.1. The van der Waals surface area contributed by atoms with Gasteiger partial charge in [0.15, 0.2) is 0 Å². The number of rotatable bonds is 23. The molecule has 0 aromatic carbocycles. The Bertz CT molecular complexity index is 497. The Morgan fingerprint density at radius 1 is 0.594 bits per heavy atom. The summed E-state index contributed by atoms with van der Waals surface area (Å²) in [7, 11) is 0. The second-order valence-electron chi connectivity index (χ2n) is 10.2. The van der Waals surface area contributed by atoms with Gasteiger partial charge in [0.1, 0.15) is 0 Å².